The summed E-state index contributed by atoms with van der Waals surface area (Å²) in [4.78, 5) is 14.4. The number of para-hydroxylation sites is 1. The van der Waals surface area contributed by atoms with Crippen LogP contribution in [-0.4, -0.2) is 23.1 Å². The molecule has 0 saturated heterocycles. The third-order valence-corrected chi connectivity index (χ3v) is 4.02. The quantitative estimate of drug-likeness (QED) is 0.681. The van der Waals surface area contributed by atoms with Gasteiger partial charge in [-0.25, -0.2) is 0 Å². The fourth-order valence-electron chi connectivity index (χ4n) is 2.05. The number of thiophene rings is 1. The molecule has 3 rings (SSSR count). The number of carbonyl (C=O) groups is 1. The second-order valence-corrected chi connectivity index (χ2v) is 5.64. The highest BCUT2D eigenvalue weighted by molar-refractivity contribution is 7.12. The Morgan fingerprint density at radius 3 is 2.77 bits per heavy atom. The SMILES string of the molecule is CN(Cc1c([O-])on[n+]1-c1ccccc1)C(=O)c1cccs1. The molecule has 112 valence electrons. The monoisotopic (exact) mass is 315 g/mol. The fraction of sp³-hybridized carbons (Fsp3) is 0.133. The predicted octanol–water partition coefficient (Wildman–Crippen LogP) is 1.36. The molecule has 6 nitrogen and oxygen atoms in total. The summed E-state index contributed by atoms with van der Waals surface area (Å²) in [5.74, 6) is -0.690. The van der Waals surface area contributed by atoms with E-state index in [0.29, 0.717) is 16.3 Å². The Morgan fingerprint density at radius 2 is 2.09 bits per heavy atom. The van der Waals surface area contributed by atoms with Crippen LogP contribution in [0.1, 0.15) is 15.4 Å². The molecule has 1 amide bonds. The van der Waals surface area contributed by atoms with Crippen LogP contribution in [0.2, 0.25) is 0 Å². The van der Waals surface area contributed by atoms with Crippen molar-refractivity contribution in [2.75, 3.05) is 7.05 Å². The van der Waals surface area contributed by atoms with E-state index in [9.17, 15) is 9.90 Å². The van der Waals surface area contributed by atoms with Crippen LogP contribution in [-0.2, 0) is 6.54 Å². The van der Waals surface area contributed by atoms with E-state index in [0.717, 1.165) is 0 Å². The van der Waals surface area contributed by atoms with E-state index in [4.69, 9.17) is 4.52 Å². The Balaban J connectivity index is 1.87. The zero-order valence-electron chi connectivity index (χ0n) is 11.8. The Morgan fingerprint density at radius 1 is 1.32 bits per heavy atom. The summed E-state index contributed by atoms with van der Waals surface area (Å²) >= 11 is 1.36. The van der Waals surface area contributed by atoms with Crippen molar-refractivity contribution < 1.29 is 19.1 Å². The van der Waals surface area contributed by atoms with E-state index >= 15 is 0 Å². The standard InChI is InChI=1S/C15H13N3O3S/c1-17(14(19)13-8-5-9-22-13)10-12-15(20)21-16-18(12)11-6-3-2-4-7-11/h2-9H,10H2,1H3. The zero-order chi connectivity index (χ0) is 15.5. The van der Waals surface area contributed by atoms with Crippen LogP contribution >= 0.6 is 11.3 Å². The van der Waals surface area contributed by atoms with Gasteiger partial charge >= 0.3 is 0 Å². The van der Waals surface area contributed by atoms with Crippen molar-refractivity contribution in [3.05, 3.63) is 58.4 Å². The van der Waals surface area contributed by atoms with Gasteiger partial charge in [-0.15, -0.1) is 11.3 Å². The van der Waals surface area contributed by atoms with Crippen LogP contribution in [0.25, 0.3) is 5.69 Å². The van der Waals surface area contributed by atoms with Gasteiger partial charge in [0.05, 0.1) is 10.1 Å². The Hall–Kier alpha value is -2.67. The van der Waals surface area contributed by atoms with Crippen LogP contribution in [0.4, 0.5) is 0 Å². The third-order valence-electron chi connectivity index (χ3n) is 3.16. The first-order valence-corrected chi connectivity index (χ1v) is 7.47. The third kappa shape index (κ3) is 2.71. The van der Waals surface area contributed by atoms with Crippen molar-refractivity contribution >= 4 is 17.2 Å². The van der Waals surface area contributed by atoms with Gasteiger partial charge in [0, 0.05) is 19.2 Å². The van der Waals surface area contributed by atoms with Crippen molar-refractivity contribution in [2.45, 2.75) is 6.54 Å². The molecule has 0 bridgehead atoms. The van der Waals surface area contributed by atoms with E-state index in [1.54, 1.807) is 13.1 Å². The smallest absolute Gasteiger partial charge is 0.264 e. The molecule has 0 fully saturated rings. The number of benzene rings is 1. The lowest BCUT2D eigenvalue weighted by Crippen LogP contribution is -2.40. The maximum atomic E-state index is 12.3. The molecule has 0 unspecified atom stereocenters. The average molecular weight is 315 g/mol. The Labute approximate surface area is 130 Å². The summed E-state index contributed by atoms with van der Waals surface area (Å²) in [6.45, 7) is 0.119. The van der Waals surface area contributed by atoms with Crippen molar-refractivity contribution in [1.29, 1.82) is 0 Å². The normalized spacial score (nSPS) is 10.6. The van der Waals surface area contributed by atoms with Crippen molar-refractivity contribution in [3.63, 3.8) is 0 Å². The highest BCUT2D eigenvalue weighted by Crippen LogP contribution is 2.16. The van der Waals surface area contributed by atoms with Crippen molar-refractivity contribution in [2.24, 2.45) is 0 Å². The second kappa shape index (κ2) is 5.98. The van der Waals surface area contributed by atoms with Crippen LogP contribution in [0.5, 0.6) is 5.95 Å². The summed E-state index contributed by atoms with van der Waals surface area (Å²) in [5.41, 5.74) is 1.01. The fourth-order valence-corrected chi connectivity index (χ4v) is 2.77. The first-order valence-electron chi connectivity index (χ1n) is 6.59. The van der Waals surface area contributed by atoms with Crippen molar-refractivity contribution in [3.8, 4) is 11.6 Å². The summed E-state index contributed by atoms with van der Waals surface area (Å²) < 4.78 is 6.16. The van der Waals surface area contributed by atoms with E-state index < -0.39 is 5.95 Å². The van der Waals surface area contributed by atoms with Gasteiger partial charge in [-0.1, -0.05) is 24.3 Å². The van der Waals surface area contributed by atoms with Crippen LogP contribution < -0.4 is 9.79 Å². The van der Waals surface area contributed by atoms with Crippen molar-refractivity contribution in [1.82, 2.24) is 10.2 Å². The number of aromatic nitrogens is 2. The highest BCUT2D eigenvalue weighted by Gasteiger charge is 2.24. The molecule has 0 spiro atoms. The van der Waals surface area contributed by atoms with E-state index in [1.165, 1.54) is 20.9 Å². The number of nitrogens with zero attached hydrogens (tertiary/aromatic N) is 3. The van der Waals surface area contributed by atoms with E-state index in [1.807, 2.05) is 41.8 Å². The predicted molar refractivity (Wildman–Crippen MR) is 77.6 cm³/mol. The van der Waals surface area contributed by atoms with Gasteiger partial charge in [-0.05, 0) is 16.1 Å². The number of hydrogen-bond acceptors (Lipinski definition) is 5. The maximum absolute atomic E-state index is 12.3. The molecular formula is C15H13N3O3S. The van der Waals surface area contributed by atoms with Gasteiger partial charge in [-0.2, -0.15) is 0 Å². The lowest BCUT2D eigenvalue weighted by atomic mass is 10.3. The molecular weight excluding hydrogens is 302 g/mol. The Bertz CT molecular complexity index is 769. The van der Waals surface area contributed by atoms with E-state index in [2.05, 4.69) is 5.27 Å². The van der Waals surface area contributed by atoms with Gasteiger partial charge < -0.3 is 14.5 Å². The number of rotatable bonds is 4. The lowest BCUT2D eigenvalue weighted by molar-refractivity contribution is -0.678. The van der Waals surface area contributed by atoms with Gasteiger partial charge in [0.15, 0.2) is 5.95 Å². The molecule has 0 aliphatic heterocycles. The summed E-state index contributed by atoms with van der Waals surface area (Å²) in [5, 5.41) is 17.5. The summed E-state index contributed by atoms with van der Waals surface area (Å²) in [6.07, 6.45) is 0. The topological polar surface area (TPSA) is 73.3 Å². The minimum atomic E-state index is -0.547. The van der Waals surface area contributed by atoms with Gasteiger partial charge in [0.25, 0.3) is 11.6 Å². The zero-order valence-corrected chi connectivity index (χ0v) is 12.6. The second-order valence-electron chi connectivity index (χ2n) is 4.69. The first-order chi connectivity index (χ1) is 10.7. The molecule has 1 aromatic carbocycles. The molecule has 2 heterocycles. The van der Waals surface area contributed by atoms with Crippen LogP contribution in [0.15, 0.2) is 52.4 Å². The number of hydrogen-bond donors (Lipinski definition) is 0. The van der Waals surface area contributed by atoms with Crippen LogP contribution in [0, 0.1) is 0 Å². The molecule has 0 atom stereocenters. The molecule has 2 aromatic heterocycles. The van der Waals surface area contributed by atoms with Gasteiger partial charge in [-0.3, -0.25) is 4.79 Å². The van der Waals surface area contributed by atoms with Gasteiger partial charge in [0.2, 0.25) is 5.69 Å². The molecule has 7 heteroatoms. The molecule has 22 heavy (non-hydrogen) atoms. The molecule has 0 N–H and O–H groups in total. The molecule has 0 radical (unpaired) electrons. The molecule has 3 aromatic rings. The summed E-state index contributed by atoms with van der Waals surface area (Å²) in [6, 6.07) is 12.7. The molecule has 0 aliphatic rings. The van der Waals surface area contributed by atoms with E-state index in [-0.39, 0.29) is 12.5 Å². The number of amides is 1. The average Bonchev–Trinajstić information content (AvgIpc) is 3.18. The summed E-state index contributed by atoms with van der Waals surface area (Å²) in [7, 11) is 1.64. The minimum Gasteiger partial charge on any atom is -0.539 e. The highest BCUT2D eigenvalue weighted by atomic mass is 32.1. The Kier molecular flexibility index (Phi) is 3.88. The number of carbonyl (C=O) groups excluding carboxylic acids is 1. The first kappa shape index (κ1) is 14.3. The largest absolute Gasteiger partial charge is 0.539 e. The maximum Gasteiger partial charge on any atom is 0.264 e. The minimum absolute atomic E-state index is 0.119. The van der Waals surface area contributed by atoms with Crippen LogP contribution in [0.3, 0.4) is 0 Å². The van der Waals surface area contributed by atoms with Gasteiger partial charge in [0.1, 0.15) is 6.54 Å². The lowest BCUT2D eigenvalue weighted by Gasteiger charge is -2.13. The molecule has 0 saturated carbocycles. The molecule has 0 aliphatic carbocycles.